The largest absolute Gasteiger partial charge is 0.306 e. The van der Waals surface area contributed by atoms with E-state index in [1.54, 1.807) is 36.9 Å². The van der Waals surface area contributed by atoms with Crippen molar-refractivity contribution >= 4 is 29.0 Å². The van der Waals surface area contributed by atoms with Gasteiger partial charge in [-0.25, -0.2) is 14.6 Å². The van der Waals surface area contributed by atoms with Gasteiger partial charge in [0.1, 0.15) is 6.04 Å². The van der Waals surface area contributed by atoms with Crippen LogP contribution in [0.25, 0.3) is 22.6 Å². The summed E-state index contributed by atoms with van der Waals surface area (Å²) in [6.07, 6.45) is 8.74. The fourth-order valence-electron chi connectivity index (χ4n) is 4.79. The van der Waals surface area contributed by atoms with Crippen molar-refractivity contribution in [3.05, 3.63) is 142 Å². The second-order valence-corrected chi connectivity index (χ2v) is 10.5. The summed E-state index contributed by atoms with van der Waals surface area (Å²) in [6.45, 7) is 0. The van der Waals surface area contributed by atoms with Gasteiger partial charge in [0, 0.05) is 47.6 Å². The molecule has 3 aromatic heterocycles. The van der Waals surface area contributed by atoms with Crippen LogP contribution in [0.15, 0.2) is 115 Å². The third-order valence-electron chi connectivity index (χ3n) is 6.88. The molecular weight excluding hydrogens is 573 g/mol. The van der Waals surface area contributed by atoms with Crippen LogP contribution < -0.4 is 5.56 Å². The predicted molar refractivity (Wildman–Crippen MR) is 160 cm³/mol. The van der Waals surface area contributed by atoms with Gasteiger partial charge >= 0.3 is 0 Å². The van der Waals surface area contributed by atoms with Gasteiger partial charge in [-0.1, -0.05) is 70.9 Å². The third-order valence-corrected chi connectivity index (χ3v) is 7.29. The molecular formula is C31H23Cl2N7O2. The SMILES string of the molecule is O=C(Cc1ccc(-n2ccnc2)cc1)[C@H](Cc1ccccc1)n1cnc(-c2cc(Cl)ccc2-n2cc(Cl)nn2)cc1=O. The Balaban J connectivity index is 1.33. The lowest BCUT2D eigenvalue weighted by Crippen LogP contribution is -2.32. The molecule has 1 atom stereocenters. The number of rotatable bonds is 9. The van der Waals surface area contributed by atoms with E-state index in [0.29, 0.717) is 28.4 Å². The fraction of sp³-hybridized carbons (Fsp3) is 0.0968. The summed E-state index contributed by atoms with van der Waals surface area (Å²) in [5.41, 5.74) is 3.89. The third kappa shape index (κ3) is 5.93. The van der Waals surface area contributed by atoms with Crippen LogP contribution in [0.1, 0.15) is 17.2 Å². The number of nitrogens with zero attached hydrogens (tertiary/aromatic N) is 7. The van der Waals surface area contributed by atoms with Crippen LogP contribution in [0.3, 0.4) is 0 Å². The average molecular weight is 596 g/mol. The first-order valence-electron chi connectivity index (χ1n) is 13.0. The Bertz CT molecular complexity index is 1900. The maximum Gasteiger partial charge on any atom is 0.254 e. The minimum atomic E-state index is -0.761. The molecule has 3 heterocycles. The van der Waals surface area contributed by atoms with Gasteiger partial charge in [0.25, 0.3) is 5.56 Å². The Morgan fingerprint density at radius 3 is 2.40 bits per heavy atom. The molecule has 0 aliphatic heterocycles. The van der Waals surface area contributed by atoms with E-state index in [1.807, 2.05) is 65.4 Å². The molecule has 0 saturated heterocycles. The molecule has 0 unspecified atom stereocenters. The number of hydrogen-bond donors (Lipinski definition) is 0. The number of ketones is 1. The molecule has 3 aromatic carbocycles. The van der Waals surface area contributed by atoms with E-state index in [0.717, 1.165) is 16.8 Å². The molecule has 0 bridgehead atoms. The van der Waals surface area contributed by atoms with Gasteiger partial charge in [-0.05, 0) is 41.5 Å². The molecule has 0 aliphatic carbocycles. The van der Waals surface area contributed by atoms with Crippen molar-refractivity contribution in [1.82, 2.24) is 34.1 Å². The molecule has 6 rings (SSSR count). The van der Waals surface area contributed by atoms with E-state index in [4.69, 9.17) is 23.2 Å². The molecule has 0 radical (unpaired) electrons. The van der Waals surface area contributed by atoms with Crippen molar-refractivity contribution in [2.24, 2.45) is 0 Å². The normalized spacial score (nSPS) is 11.9. The highest BCUT2D eigenvalue weighted by Crippen LogP contribution is 2.28. The Kier molecular flexibility index (Phi) is 7.76. The van der Waals surface area contributed by atoms with Crippen molar-refractivity contribution < 1.29 is 4.79 Å². The Labute approximate surface area is 250 Å². The van der Waals surface area contributed by atoms with Crippen LogP contribution in [0.4, 0.5) is 0 Å². The van der Waals surface area contributed by atoms with Gasteiger partial charge in [0.05, 0.1) is 30.2 Å². The molecule has 0 amide bonds. The molecule has 11 heteroatoms. The zero-order valence-electron chi connectivity index (χ0n) is 22.1. The summed E-state index contributed by atoms with van der Waals surface area (Å²) >= 11 is 12.3. The van der Waals surface area contributed by atoms with E-state index < -0.39 is 6.04 Å². The van der Waals surface area contributed by atoms with Crippen LogP contribution in [0.2, 0.25) is 10.2 Å². The highest BCUT2D eigenvalue weighted by atomic mass is 35.5. The highest BCUT2D eigenvalue weighted by molar-refractivity contribution is 6.31. The lowest BCUT2D eigenvalue weighted by Gasteiger charge is -2.19. The maximum atomic E-state index is 13.8. The van der Waals surface area contributed by atoms with Crippen molar-refractivity contribution in [2.75, 3.05) is 0 Å². The zero-order valence-corrected chi connectivity index (χ0v) is 23.6. The summed E-state index contributed by atoms with van der Waals surface area (Å²) < 4.78 is 4.77. The Morgan fingerprint density at radius 1 is 0.905 bits per heavy atom. The van der Waals surface area contributed by atoms with Crippen molar-refractivity contribution in [1.29, 1.82) is 0 Å². The van der Waals surface area contributed by atoms with Gasteiger partial charge in [-0.15, -0.1) is 5.10 Å². The van der Waals surface area contributed by atoms with Crippen LogP contribution in [-0.4, -0.2) is 39.9 Å². The second-order valence-electron chi connectivity index (χ2n) is 9.65. The Hall–Kier alpha value is -4.86. The lowest BCUT2D eigenvalue weighted by molar-refractivity contribution is -0.121. The van der Waals surface area contributed by atoms with E-state index in [1.165, 1.54) is 21.6 Å². The molecule has 9 nitrogen and oxygen atoms in total. The Morgan fingerprint density at radius 2 is 1.71 bits per heavy atom. The van der Waals surface area contributed by atoms with Crippen molar-refractivity contribution in [3.8, 4) is 22.6 Å². The van der Waals surface area contributed by atoms with Crippen LogP contribution in [0.5, 0.6) is 0 Å². The van der Waals surface area contributed by atoms with Crippen LogP contribution in [0, 0.1) is 0 Å². The molecule has 0 saturated carbocycles. The van der Waals surface area contributed by atoms with Gasteiger partial charge in [-0.3, -0.25) is 14.2 Å². The van der Waals surface area contributed by atoms with Crippen LogP contribution >= 0.6 is 23.2 Å². The van der Waals surface area contributed by atoms with E-state index in [-0.39, 0.29) is 22.9 Å². The number of hydrogen-bond acceptors (Lipinski definition) is 6. The molecule has 6 aromatic rings. The van der Waals surface area contributed by atoms with Gasteiger partial charge < -0.3 is 4.57 Å². The van der Waals surface area contributed by atoms with E-state index in [9.17, 15) is 9.59 Å². The fourth-order valence-corrected chi connectivity index (χ4v) is 5.09. The minimum Gasteiger partial charge on any atom is -0.306 e. The molecule has 208 valence electrons. The summed E-state index contributed by atoms with van der Waals surface area (Å²) in [5, 5.41) is 8.55. The number of imidazole rings is 1. The molecule has 0 fully saturated rings. The van der Waals surface area contributed by atoms with Crippen LogP contribution in [-0.2, 0) is 17.6 Å². The average Bonchev–Trinajstić information content (AvgIpc) is 3.69. The molecule has 0 aliphatic rings. The topological polar surface area (TPSA) is 100 Å². The predicted octanol–water partition coefficient (Wildman–Crippen LogP) is 5.58. The number of halogens is 2. The number of Topliss-reactive ketones (excluding diaryl/α,β-unsaturated/α-hetero) is 1. The molecule has 42 heavy (non-hydrogen) atoms. The summed E-state index contributed by atoms with van der Waals surface area (Å²) in [5.74, 6) is -0.105. The number of carbonyl (C=O) groups excluding carboxylic acids is 1. The standard InChI is InChI=1S/C31H23Cl2N7O2/c32-23-8-11-27(40-18-30(33)36-37-40)25(16-23)26-17-31(42)39(20-35-26)28(14-21-4-2-1-3-5-21)29(41)15-22-6-9-24(10-7-22)38-13-12-34-19-38/h1-13,16-20,28H,14-15H2/t28-/m0/s1. The quantitative estimate of drug-likeness (QED) is 0.216. The number of benzene rings is 3. The van der Waals surface area contributed by atoms with E-state index >= 15 is 0 Å². The second kappa shape index (κ2) is 11.9. The summed E-state index contributed by atoms with van der Waals surface area (Å²) in [7, 11) is 0. The first-order valence-corrected chi connectivity index (χ1v) is 13.8. The maximum absolute atomic E-state index is 13.8. The van der Waals surface area contributed by atoms with Crippen molar-refractivity contribution in [2.45, 2.75) is 18.9 Å². The number of aromatic nitrogens is 7. The first kappa shape index (κ1) is 27.3. The number of carbonyl (C=O) groups is 1. The molecule has 0 N–H and O–H groups in total. The van der Waals surface area contributed by atoms with Gasteiger partial charge in [0.15, 0.2) is 10.9 Å². The summed E-state index contributed by atoms with van der Waals surface area (Å²) in [6, 6.07) is 23.1. The minimum absolute atomic E-state index is 0.105. The highest BCUT2D eigenvalue weighted by Gasteiger charge is 2.23. The van der Waals surface area contributed by atoms with Gasteiger partial charge in [0.2, 0.25) is 0 Å². The first-order chi connectivity index (χ1) is 20.4. The monoisotopic (exact) mass is 595 g/mol. The van der Waals surface area contributed by atoms with E-state index in [2.05, 4.69) is 20.3 Å². The smallest absolute Gasteiger partial charge is 0.254 e. The van der Waals surface area contributed by atoms with Crippen molar-refractivity contribution in [3.63, 3.8) is 0 Å². The summed E-state index contributed by atoms with van der Waals surface area (Å²) in [4.78, 5) is 36.0. The zero-order chi connectivity index (χ0) is 29.1. The lowest BCUT2D eigenvalue weighted by atomic mass is 9.97. The molecule has 0 spiro atoms. The van der Waals surface area contributed by atoms with Gasteiger partial charge in [-0.2, -0.15) is 0 Å².